The Morgan fingerprint density at radius 1 is 1.13 bits per heavy atom. The zero-order valence-corrected chi connectivity index (χ0v) is 10.7. The van der Waals surface area contributed by atoms with E-state index in [0.29, 0.717) is 0 Å². The quantitative estimate of drug-likeness (QED) is 0.523. The molecule has 0 heterocycles. The number of hydrogen-bond donors (Lipinski definition) is 0. The fraction of sp³-hybridized carbons (Fsp3) is 0.286. The third-order valence-electron chi connectivity index (χ3n) is 2.52. The minimum atomic E-state index is -0.386. The second-order valence-electron chi connectivity index (χ2n) is 3.93. The summed E-state index contributed by atoms with van der Waals surface area (Å²) in [6.45, 7) is 12.3. The summed E-state index contributed by atoms with van der Waals surface area (Å²) < 4.78 is 0. The second kappa shape index (κ2) is 5.71. The van der Waals surface area contributed by atoms with Gasteiger partial charge in [-0.1, -0.05) is 48.6 Å². The molecule has 0 amide bonds. The van der Waals surface area contributed by atoms with E-state index in [1.165, 1.54) is 11.1 Å². The summed E-state index contributed by atoms with van der Waals surface area (Å²) in [6, 6.07) is 6.63. The van der Waals surface area contributed by atoms with Gasteiger partial charge in [-0.15, -0.1) is 13.2 Å². The molecule has 0 saturated heterocycles. The highest BCUT2D eigenvalue weighted by atomic mass is 28.3. The first-order chi connectivity index (χ1) is 7.20. The van der Waals surface area contributed by atoms with Gasteiger partial charge in [0, 0.05) is 0 Å². The molecule has 0 aromatic heterocycles. The lowest BCUT2D eigenvalue weighted by Gasteiger charge is -2.14. The average molecular weight is 215 g/mol. The van der Waals surface area contributed by atoms with Crippen molar-refractivity contribution >= 4 is 14.0 Å². The van der Waals surface area contributed by atoms with E-state index >= 15 is 0 Å². The SMILES string of the molecule is C=CCc1cccc([Si](C)C)c1CC=C. The maximum atomic E-state index is 3.84. The molecule has 0 N–H and O–H groups in total. The highest BCUT2D eigenvalue weighted by molar-refractivity contribution is 6.71. The second-order valence-corrected chi connectivity index (χ2v) is 6.47. The number of hydrogen-bond acceptors (Lipinski definition) is 0. The Morgan fingerprint density at radius 3 is 2.33 bits per heavy atom. The van der Waals surface area contributed by atoms with E-state index in [1.807, 2.05) is 12.2 Å². The van der Waals surface area contributed by atoms with Gasteiger partial charge in [0.25, 0.3) is 0 Å². The Kier molecular flexibility index (Phi) is 4.57. The van der Waals surface area contributed by atoms with Crippen molar-refractivity contribution in [3.8, 4) is 0 Å². The predicted octanol–water partition coefficient (Wildman–Crippen LogP) is 3.11. The van der Waals surface area contributed by atoms with Crippen molar-refractivity contribution < 1.29 is 0 Å². The van der Waals surface area contributed by atoms with Crippen LogP contribution in [0.2, 0.25) is 13.1 Å². The van der Waals surface area contributed by atoms with Gasteiger partial charge in [-0.3, -0.25) is 0 Å². The standard InChI is InChI=1S/C14H19Si/c1-5-8-12-10-7-11-14(15(3)4)13(12)9-6-2/h5-7,10-11H,1-2,8-9H2,3-4H3. The summed E-state index contributed by atoms with van der Waals surface area (Å²) >= 11 is 0. The first-order valence-corrected chi connectivity index (χ1v) is 7.83. The maximum Gasteiger partial charge on any atom is 0.0795 e. The molecule has 1 aromatic rings. The highest BCUT2D eigenvalue weighted by Crippen LogP contribution is 2.10. The Balaban J connectivity index is 3.20. The maximum absolute atomic E-state index is 3.84. The molecule has 0 aliphatic heterocycles. The van der Waals surface area contributed by atoms with E-state index < -0.39 is 0 Å². The molecule has 1 heteroatoms. The van der Waals surface area contributed by atoms with Gasteiger partial charge in [-0.25, -0.2) is 0 Å². The van der Waals surface area contributed by atoms with Crippen LogP contribution in [-0.2, 0) is 12.8 Å². The molecule has 0 aliphatic carbocycles. The van der Waals surface area contributed by atoms with Crippen molar-refractivity contribution in [3.63, 3.8) is 0 Å². The Labute approximate surface area is 94.9 Å². The summed E-state index contributed by atoms with van der Waals surface area (Å²) in [5, 5.41) is 1.54. The lowest BCUT2D eigenvalue weighted by Crippen LogP contribution is -2.27. The minimum absolute atomic E-state index is 0.386. The van der Waals surface area contributed by atoms with Crippen LogP contribution in [-0.4, -0.2) is 8.80 Å². The minimum Gasteiger partial charge on any atom is -0.103 e. The summed E-state index contributed by atoms with van der Waals surface area (Å²) in [6.07, 6.45) is 5.92. The third-order valence-corrected chi connectivity index (χ3v) is 4.07. The van der Waals surface area contributed by atoms with Crippen LogP contribution in [0.5, 0.6) is 0 Å². The average Bonchev–Trinajstić information content (AvgIpc) is 2.21. The summed E-state index contributed by atoms with van der Waals surface area (Å²) in [7, 11) is -0.386. The summed E-state index contributed by atoms with van der Waals surface area (Å²) in [5.74, 6) is 0. The largest absolute Gasteiger partial charge is 0.103 e. The van der Waals surface area contributed by atoms with Crippen LogP contribution < -0.4 is 5.19 Å². The van der Waals surface area contributed by atoms with Crippen molar-refractivity contribution in [2.24, 2.45) is 0 Å². The first kappa shape index (κ1) is 12.0. The van der Waals surface area contributed by atoms with Gasteiger partial charge in [0.1, 0.15) is 0 Å². The molecule has 1 rings (SSSR count). The van der Waals surface area contributed by atoms with Crippen LogP contribution in [0.4, 0.5) is 0 Å². The van der Waals surface area contributed by atoms with Gasteiger partial charge in [0.2, 0.25) is 0 Å². The van der Waals surface area contributed by atoms with Crippen LogP contribution in [0, 0.1) is 0 Å². The van der Waals surface area contributed by atoms with Gasteiger partial charge in [-0.2, -0.15) is 0 Å². The van der Waals surface area contributed by atoms with Gasteiger partial charge in [-0.05, 0) is 24.0 Å². The molecule has 0 unspecified atom stereocenters. The summed E-state index contributed by atoms with van der Waals surface area (Å²) in [5.41, 5.74) is 2.89. The van der Waals surface area contributed by atoms with E-state index in [0.717, 1.165) is 12.8 Å². The first-order valence-electron chi connectivity index (χ1n) is 5.33. The molecule has 0 aliphatic rings. The zero-order chi connectivity index (χ0) is 11.3. The van der Waals surface area contributed by atoms with Gasteiger partial charge in [0.05, 0.1) is 8.80 Å². The fourth-order valence-electron chi connectivity index (χ4n) is 1.84. The normalized spacial score (nSPS) is 10.3. The molecular weight excluding hydrogens is 196 g/mol. The Bertz CT molecular complexity index is 350. The fourth-order valence-corrected chi connectivity index (χ4v) is 3.13. The van der Waals surface area contributed by atoms with E-state index in [1.54, 1.807) is 5.19 Å². The van der Waals surface area contributed by atoms with Crippen LogP contribution in [0.25, 0.3) is 0 Å². The van der Waals surface area contributed by atoms with Gasteiger partial charge >= 0.3 is 0 Å². The van der Waals surface area contributed by atoms with Crippen molar-refractivity contribution in [2.75, 3.05) is 0 Å². The molecule has 79 valence electrons. The highest BCUT2D eigenvalue weighted by Gasteiger charge is 2.09. The zero-order valence-electron chi connectivity index (χ0n) is 9.72. The van der Waals surface area contributed by atoms with Crippen LogP contribution in [0.3, 0.4) is 0 Å². The molecule has 0 spiro atoms. The van der Waals surface area contributed by atoms with Gasteiger partial charge < -0.3 is 0 Å². The lowest BCUT2D eigenvalue weighted by atomic mass is 10.0. The number of benzene rings is 1. The number of allylic oxidation sites excluding steroid dienone is 2. The van der Waals surface area contributed by atoms with E-state index in [-0.39, 0.29) is 8.80 Å². The Morgan fingerprint density at radius 2 is 1.80 bits per heavy atom. The smallest absolute Gasteiger partial charge is 0.0795 e. The Hall–Kier alpha value is -1.08. The molecule has 1 radical (unpaired) electrons. The van der Waals surface area contributed by atoms with E-state index in [9.17, 15) is 0 Å². The predicted molar refractivity (Wildman–Crippen MR) is 71.4 cm³/mol. The van der Waals surface area contributed by atoms with E-state index in [4.69, 9.17) is 0 Å². The topological polar surface area (TPSA) is 0 Å². The van der Waals surface area contributed by atoms with Gasteiger partial charge in [0.15, 0.2) is 0 Å². The molecule has 1 aromatic carbocycles. The van der Waals surface area contributed by atoms with E-state index in [2.05, 4.69) is 44.5 Å². The molecule has 0 fully saturated rings. The molecule has 0 saturated carbocycles. The lowest BCUT2D eigenvalue weighted by molar-refractivity contribution is 1.17. The van der Waals surface area contributed by atoms with Crippen molar-refractivity contribution in [3.05, 3.63) is 54.6 Å². The van der Waals surface area contributed by atoms with Crippen LogP contribution in [0.15, 0.2) is 43.5 Å². The van der Waals surface area contributed by atoms with Crippen LogP contribution in [0.1, 0.15) is 11.1 Å². The van der Waals surface area contributed by atoms with Crippen molar-refractivity contribution in [2.45, 2.75) is 25.9 Å². The monoisotopic (exact) mass is 215 g/mol. The third kappa shape index (κ3) is 2.93. The molecule has 15 heavy (non-hydrogen) atoms. The molecule has 0 nitrogen and oxygen atoms in total. The number of rotatable bonds is 5. The van der Waals surface area contributed by atoms with Crippen LogP contribution >= 0.6 is 0 Å². The molecule has 0 atom stereocenters. The van der Waals surface area contributed by atoms with Crippen molar-refractivity contribution in [1.82, 2.24) is 0 Å². The molecule has 0 bridgehead atoms. The molecular formula is C14H19Si. The summed E-state index contributed by atoms with van der Waals surface area (Å²) in [4.78, 5) is 0. The van der Waals surface area contributed by atoms with Crippen molar-refractivity contribution in [1.29, 1.82) is 0 Å².